The van der Waals surface area contributed by atoms with E-state index in [0.29, 0.717) is 0 Å². The zero-order valence-corrected chi connectivity index (χ0v) is 16.7. The Kier molecular flexibility index (Phi) is 6.11. The first-order valence-electron chi connectivity index (χ1n) is 9.48. The highest BCUT2D eigenvalue weighted by Gasteiger charge is 2.21. The van der Waals surface area contributed by atoms with Crippen LogP contribution in [0.25, 0.3) is 0 Å². The number of aromatic nitrogens is 3. The molecule has 0 atom stereocenters. The minimum Gasteiger partial charge on any atom is -0.363 e. The molecular weight excluding hydrogens is 338 g/mol. The van der Waals surface area contributed by atoms with Crippen LogP contribution in [0.2, 0.25) is 0 Å². The second kappa shape index (κ2) is 8.70. The number of rotatable bonds is 6. The van der Waals surface area contributed by atoms with Crippen molar-refractivity contribution in [3.63, 3.8) is 0 Å². The monoisotopic (exact) mass is 367 g/mol. The molecule has 3 rings (SSSR count). The predicted molar refractivity (Wildman–Crippen MR) is 113 cm³/mol. The summed E-state index contributed by atoms with van der Waals surface area (Å²) in [5, 5.41) is 3.39. The summed E-state index contributed by atoms with van der Waals surface area (Å²) >= 11 is 0. The Balaban J connectivity index is 1.76. The van der Waals surface area contributed by atoms with Crippen molar-refractivity contribution in [2.45, 2.75) is 20.3 Å². The van der Waals surface area contributed by atoms with Gasteiger partial charge in [-0.2, -0.15) is 9.97 Å². The summed E-state index contributed by atoms with van der Waals surface area (Å²) in [6.07, 6.45) is 4.99. The molecule has 7 heteroatoms. The van der Waals surface area contributed by atoms with Gasteiger partial charge < -0.3 is 20.0 Å². The van der Waals surface area contributed by atoms with Crippen LogP contribution in [-0.2, 0) is 0 Å². The highest BCUT2D eigenvalue weighted by molar-refractivity contribution is 5.56. The third kappa shape index (κ3) is 4.87. The van der Waals surface area contributed by atoms with Crippen molar-refractivity contribution in [2.24, 2.45) is 0 Å². The Labute approximate surface area is 161 Å². The standard InChI is InChI=1S/C20H29N7/c1-5-8-16(2)22-17-15-19(25(3)4)24-20(23-17)27-13-11-26(12-14-27)18-9-6-7-10-21-18/h6-10,15H,5,11-14H2,1-4H3,(H,22,23,24)/b16-8+. The number of pyridine rings is 1. The van der Waals surface area contributed by atoms with Gasteiger partial charge in [-0.15, -0.1) is 0 Å². The van der Waals surface area contributed by atoms with Crippen molar-refractivity contribution in [1.29, 1.82) is 0 Å². The van der Waals surface area contributed by atoms with Gasteiger partial charge in [0, 0.05) is 58.2 Å². The van der Waals surface area contributed by atoms with Gasteiger partial charge in [-0.3, -0.25) is 0 Å². The number of hydrogen-bond acceptors (Lipinski definition) is 7. The van der Waals surface area contributed by atoms with Crippen LogP contribution in [0.5, 0.6) is 0 Å². The van der Waals surface area contributed by atoms with Gasteiger partial charge in [-0.05, 0) is 25.5 Å². The van der Waals surface area contributed by atoms with Crippen molar-refractivity contribution in [2.75, 3.05) is 60.3 Å². The van der Waals surface area contributed by atoms with Gasteiger partial charge in [0.15, 0.2) is 0 Å². The molecule has 2 aromatic heterocycles. The number of nitrogens with one attached hydrogen (secondary N) is 1. The third-order valence-electron chi connectivity index (χ3n) is 4.53. The molecule has 27 heavy (non-hydrogen) atoms. The predicted octanol–water partition coefficient (Wildman–Crippen LogP) is 2.99. The van der Waals surface area contributed by atoms with E-state index in [1.807, 2.05) is 43.4 Å². The SMILES string of the molecule is CC/C=C(\C)Nc1cc(N(C)C)nc(N2CCN(c3ccccn3)CC2)n1. The number of piperazine rings is 1. The summed E-state index contributed by atoms with van der Waals surface area (Å²) in [7, 11) is 4.01. The van der Waals surface area contributed by atoms with E-state index < -0.39 is 0 Å². The average Bonchev–Trinajstić information content (AvgIpc) is 2.68. The first kappa shape index (κ1) is 18.9. The van der Waals surface area contributed by atoms with Gasteiger partial charge in [-0.1, -0.05) is 19.1 Å². The van der Waals surface area contributed by atoms with Crippen molar-refractivity contribution in [3.05, 3.63) is 42.2 Å². The van der Waals surface area contributed by atoms with E-state index >= 15 is 0 Å². The normalized spacial score (nSPS) is 15.0. The van der Waals surface area contributed by atoms with Crippen molar-refractivity contribution in [1.82, 2.24) is 15.0 Å². The molecule has 0 unspecified atom stereocenters. The number of anilines is 4. The molecule has 7 nitrogen and oxygen atoms in total. The molecule has 1 aliphatic rings. The second-order valence-electron chi connectivity index (χ2n) is 6.89. The van der Waals surface area contributed by atoms with Crippen LogP contribution in [0.4, 0.5) is 23.4 Å². The lowest BCUT2D eigenvalue weighted by atomic mass is 10.3. The molecule has 0 aliphatic carbocycles. The minimum absolute atomic E-state index is 0.772. The first-order chi connectivity index (χ1) is 13.1. The molecule has 1 aliphatic heterocycles. The van der Waals surface area contributed by atoms with E-state index in [-0.39, 0.29) is 0 Å². The van der Waals surface area contributed by atoms with E-state index in [1.54, 1.807) is 0 Å². The maximum atomic E-state index is 4.76. The van der Waals surface area contributed by atoms with Gasteiger partial charge in [0.2, 0.25) is 5.95 Å². The number of hydrogen-bond donors (Lipinski definition) is 1. The molecule has 0 aromatic carbocycles. The molecule has 3 heterocycles. The Morgan fingerprint density at radius 1 is 1.15 bits per heavy atom. The first-order valence-corrected chi connectivity index (χ1v) is 9.48. The fourth-order valence-electron chi connectivity index (χ4n) is 3.09. The molecule has 0 bridgehead atoms. The van der Waals surface area contributed by atoms with Gasteiger partial charge in [0.25, 0.3) is 0 Å². The summed E-state index contributed by atoms with van der Waals surface area (Å²) in [5.41, 5.74) is 1.10. The summed E-state index contributed by atoms with van der Waals surface area (Å²) in [6.45, 7) is 7.75. The highest BCUT2D eigenvalue weighted by Crippen LogP contribution is 2.22. The molecule has 1 N–H and O–H groups in total. The van der Waals surface area contributed by atoms with Crippen LogP contribution in [0.1, 0.15) is 20.3 Å². The van der Waals surface area contributed by atoms with E-state index in [2.05, 4.69) is 46.1 Å². The van der Waals surface area contributed by atoms with E-state index in [9.17, 15) is 0 Å². The zero-order valence-electron chi connectivity index (χ0n) is 16.7. The summed E-state index contributed by atoms with van der Waals surface area (Å²) in [5.74, 6) is 3.54. The van der Waals surface area contributed by atoms with E-state index in [1.165, 1.54) is 0 Å². The van der Waals surface area contributed by atoms with Crippen LogP contribution in [0.3, 0.4) is 0 Å². The molecule has 144 valence electrons. The maximum absolute atomic E-state index is 4.76. The fraction of sp³-hybridized carbons (Fsp3) is 0.450. The van der Waals surface area contributed by atoms with Crippen LogP contribution < -0.4 is 20.0 Å². The largest absolute Gasteiger partial charge is 0.363 e. The van der Waals surface area contributed by atoms with Gasteiger partial charge >= 0.3 is 0 Å². The van der Waals surface area contributed by atoms with Crippen LogP contribution in [0.15, 0.2) is 42.2 Å². The third-order valence-corrected chi connectivity index (χ3v) is 4.53. The molecule has 0 amide bonds. The molecule has 1 fully saturated rings. The molecule has 0 spiro atoms. The van der Waals surface area contributed by atoms with Crippen LogP contribution in [-0.4, -0.2) is 55.2 Å². The lowest BCUT2D eigenvalue weighted by Crippen LogP contribution is -2.47. The quantitative estimate of drug-likeness (QED) is 0.842. The highest BCUT2D eigenvalue weighted by atomic mass is 15.3. The summed E-state index contributed by atoms with van der Waals surface area (Å²) < 4.78 is 0. The molecule has 2 aromatic rings. The van der Waals surface area contributed by atoms with Crippen molar-refractivity contribution >= 4 is 23.4 Å². The van der Waals surface area contributed by atoms with E-state index in [0.717, 1.165) is 61.7 Å². The number of nitrogens with zero attached hydrogens (tertiary/aromatic N) is 6. The smallest absolute Gasteiger partial charge is 0.229 e. The lowest BCUT2D eigenvalue weighted by Gasteiger charge is -2.35. The molecule has 0 radical (unpaired) electrons. The Bertz CT molecular complexity index is 765. The molecule has 0 saturated carbocycles. The van der Waals surface area contributed by atoms with Gasteiger partial charge in [0.05, 0.1) is 0 Å². The van der Waals surface area contributed by atoms with Gasteiger partial charge in [0.1, 0.15) is 17.5 Å². The van der Waals surface area contributed by atoms with Crippen molar-refractivity contribution < 1.29 is 0 Å². The van der Waals surface area contributed by atoms with Gasteiger partial charge in [-0.25, -0.2) is 4.98 Å². The summed E-state index contributed by atoms with van der Waals surface area (Å²) in [4.78, 5) is 20.5. The van der Waals surface area contributed by atoms with E-state index in [4.69, 9.17) is 9.97 Å². The maximum Gasteiger partial charge on any atom is 0.229 e. The Morgan fingerprint density at radius 2 is 1.89 bits per heavy atom. The summed E-state index contributed by atoms with van der Waals surface area (Å²) in [6, 6.07) is 8.02. The van der Waals surface area contributed by atoms with Crippen LogP contribution >= 0.6 is 0 Å². The Morgan fingerprint density at radius 3 is 2.52 bits per heavy atom. The number of allylic oxidation sites excluding steroid dienone is 2. The van der Waals surface area contributed by atoms with Crippen molar-refractivity contribution in [3.8, 4) is 0 Å². The average molecular weight is 368 g/mol. The molecule has 1 saturated heterocycles. The second-order valence-corrected chi connectivity index (χ2v) is 6.89. The minimum atomic E-state index is 0.772. The van der Waals surface area contributed by atoms with Crippen LogP contribution in [0, 0.1) is 0 Å². The zero-order chi connectivity index (χ0) is 19.2. The topological polar surface area (TPSA) is 60.4 Å². The lowest BCUT2D eigenvalue weighted by molar-refractivity contribution is 0.635. The Hall–Kier alpha value is -2.83. The molecular formula is C20H29N7. The fourth-order valence-corrected chi connectivity index (χ4v) is 3.09.